The van der Waals surface area contributed by atoms with Gasteiger partial charge in [-0.15, -0.1) is 0 Å². The molecule has 31 heavy (non-hydrogen) atoms. The summed E-state index contributed by atoms with van der Waals surface area (Å²) in [4.78, 5) is 33.8. The maximum absolute atomic E-state index is 13.5. The van der Waals surface area contributed by atoms with Crippen molar-refractivity contribution in [1.29, 1.82) is 0 Å². The minimum atomic E-state index is -3.72. The molecule has 9 nitrogen and oxygen atoms in total. The Bertz CT molecular complexity index is 1330. The highest BCUT2D eigenvalue weighted by Gasteiger charge is 2.34. The molecule has 0 unspecified atom stereocenters. The Morgan fingerprint density at radius 1 is 1.23 bits per heavy atom. The maximum Gasteiger partial charge on any atom is 0.330 e. The molecule has 1 aliphatic heterocycles. The van der Waals surface area contributed by atoms with Gasteiger partial charge in [-0.25, -0.2) is 32.3 Å². The lowest BCUT2D eigenvalue weighted by Gasteiger charge is -2.27. The fourth-order valence-electron chi connectivity index (χ4n) is 3.78. The Balaban J connectivity index is 2.08. The smallest absolute Gasteiger partial charge is 0.330 e. The molecule has 1 aromatic carbocycles. The van der Waals surface area contributed by atoms with Crippen LogP contribution in [0.1, 0.15) is 18.9 Å². The second kappa shape index (κ2) is 7.73. The fraction of sp³-hybridized carbons (Fsp3) is 0.300. The third-order valence-electron chi connectivity index (χ3n) is 5.13. The van der Waals surface area contributed by atoms with E-state index in [1.165, 1.54) is 53.0 Å². The van der Waals surface area contributed by atoms with Crippen molar-refractivity contribution in [1.82, 2.24) is 19.3 Å². The van der Waals surface area contributed by atoms with Gasteiger partial charge in [0.25, 0.3) is 5.56 Å². The number of hydrogen-bond donors (Lipinski definition) is 0. The minimum Gasteiger partial charge on any atom is -0.467 e. The van der Waals surface area contributed by atoms with Gasteiger partial charge in [0.1, 0.15) is 11.9 Å². The summed E-state index contributed by atoms with van der Waals surface area (Å²) in [6.07, 6.45) is 3.26. The number of benzene rings is 1. The van der Waals surface area contributed by atoms with Gasteiger partial charge in [-0.05, 0) is 36.6 Å². The van der Waals surface area contributed by atoms with E-state index in [2.05, 4.69) is 9.97 Å². The highest BCUT2D eigenvalue weighted by molar-refractivity contribution is 7.90. The average molecular weight is 446 g/mol. The Hall–Kier alpha value is -3.34. The van der Waals surface area contributed by atoms with Gasteiger partial charge >= 0.3 is 5.97 Å². The predicted molar refractivity (Wildman–Crippen MR) is 109 cm³/mol. The molecule has 0 radical (unpaired) electrons. The predicted octanol–water partition coefficient (Wildman–Crippen LogP) is 1.82. The highest BCUT2D eigenvalue weighted by atomic mass is 32.2. The zero-order valence-electron chi connectivity index (χ0n) is 16.8. The van der Waals surface area contributed by atoms with Crippen molar-refractivity contribution in [2.45, 2.75) is 30.6 Å². The van der Waals surface area contributed by atoms with E-state index in [1.54, 1.807) is 0 Å². The molecule has 0 aliphatic carbocycles. The van der Waals surface area contributed by atoms with Crippen LogP contribution in [0.3, 0.4) is 0 Å². The minimum absolute atomic E-state index is 0.154. The number of aromatic nitrogens is 4. The molecule has 3 aromatic rings. The van der Waals surface area contributed by atoms with E-state index in [4.69, 9.17) is 4.74 Å². The van der Waals surface area contributed by atoms with Gasteiger partial charge < -0.3 is 4.74 Å². The topological polar surface area (TPSA) is 113 Å². The van der Waals surface area contributed by atoms with Crippen molar-refractivity contribution in [2.24, 2.45) is 0 Å². The quantitative estimate of drug-likeness (QED) is 0.444. The van der Waals surface area contributed by atoms with Crippen LogP contribution in [0.15, 0.2) is 46.5 Å². The molecular formula is C20H19FN4O5S. The number of ether oxygens (including phenoxy) is 1. The molecule has 162 valence electrons. The van der Waals surface area contributed by atoms with E-state index >= 15 is 0 Å². The summed E-state index contributed by atoms with van der Waals surface area (Å²) in [5.41, 5.74) is 0.614. The Morgan fingerprint density at radius 2 is 1.94 bits per heavy atom. The molecule has 1 atom stereocenters. The first-order valence-electron chi connectivity index (χ1n) is 9.45. The zero-order valence-corrected chi connectivity index (χ0v) is 17.6. The first-order valence-corrected chi connectivity index (χ1v) is 11.3. The molecule has 1 aliphatic rings. The number of methoxy groups -OCH3 is 1. The van der Waals surface area contributed by atoms with Gasteiger partial charge in [0.05, 0.1) is 24.1 Å². The lowest BCUT2D eigenvalue weighted by molar-refractivity contribution is -0.146. The van der Waals surface area contributed by atoms with E-state index in [-0.39, 0.29) is 17.0 Å². The zero-order chi connectivity index (χ0) is 22.3. The Labute approximate surface area is 177 Å². The number of esters is 1. The Morgan fingerprint density at radius 3 is 2.58 bits per heavy atom. The summed E-state index contributed by atoms with van der Waals surface area (Å²) in [5, 5.41) is -0.409. The van der Waals surface area contributed by atoms with Gasteiger partial charge in [0.15, 0.2) is 0 Å². The van der Waals surface area contributed by atoms with Crippen LogP contribution in [0.4, 0.5) is 4.39 Å². The number of hydrogen-bond acceptors (Lipinski definition) is 7. The number of nitrogens with zero attached hydrogens (tertiary/aromatic N) is 4. The number of rotatable bonds is 4. The van der Waals surface area contributed by atoms with Gasteiger partial charge in [-0.1, -0.05) is 12.1 Å². The van der Waals surface area contributed by atoms with Crippen molar-refractivity contribution >= 4 is 15.8 Å². The molecule has 4 rings (SSSR count). The number of carbonyl (C=O) groups excluding carboxylic acids is 1. The standard InChI is InChI=1S/C20H19FN4O5S/c1-30-19(27)15-4-3-11-24-18(26)16(12-5-7-13(21)8-6-12)17(25(15)24)14-9-10-22-20(23-14)31(2,28)29/h5-10,15H,3-4,11H2,1-2H3/t15-/m0/s1. The highest BCUT2D eigenvalue weighted by Crippen LogP contribution is 2.35. The number of sulfone groups is 1. The molecule has 2 aromatic heterocycles. The van der Waals surface area contributed by atoms with E-state index in [0.29, 0.717) is 24.9 Å². The van der Waals surface area contributed by atoms with Crippen LogP contribution in [-0.2, 0) is 25.9 Å². The molecule has 0 saturated carbocycles. The molecule has 0 spiro atoms. The van der Waals surface area contributed by atoms with Crippen LogP contribution in [0, 0.1) is 5.82 Å². The normalized spacial score (nSPS) is 16.0. The van der Waals surface area contributed by atoms with E-state index in [9.17, 15) is 22.4 Å². The van der Waals surface area contributed by atoms with Crippen LogP contribution in [0.2, 0.25) is 0 Å². The average Bonchev–Trinajstić information content (AvgIpc) is 3.06. The maximum atomic E-state index is 13.5. The SMILES string of the molecule is COC(=O)[C@@H]1CCCn2c(=O)c(-c3ccc(F)cc3)c(-c3ccnc(S(C)(=O)=O)n3)n21. The monoisotopic (exact) mass is 446 g/mol. The van der Waals surface area contributed by atoms with Gasteiger partial charge in [-0.2, -0.15) is 0 Å². The van der Waals surface area contributed by atoms with Crippen LogP contribution < -0.4 is 5.56 Å². The van der Waals surface area contributed by atoms with Crippen LogP contribution in [0.5, 0.6) is 0 Å². The second-order valence-electron chi connectivity index (χ2n) is 7.18. The van der Waals surface area contributed by atoms with E-state index in [0.717, 1.165) is 6.26 Å². The first kappa shape index (κ1) is 20.9. The summed E-state index contributed by atoms with van der Waals surface area (Å²) >= 11 is 0. The van der Waals surface area contributed by atoms with Crippen LogP contribution >= 0.6 is 0 Å². The largest absolute Gasteiger partial charge is 0.467 e. The summed E-state index contributed by atoms with van der Waals surface area (Å²) in [6, 6.07) is 6.02. The van der Waals surface area contributed by atoms with Gasteiger partial charge in [-0.3, -0.25) is 9.48 Å². The molecule has 0 saturated heterocycles. The van der Waals surface area contributed by atoms with Crippen molar-refractivity contribution < 1.29 is 22.3 Å². The second-order valence-corrected chi connectivity index (χ2v) is 9.09. The van der Waals surface area contributed by atoms with Gasteiger partial charge in [0.2, 0.25) is 15.0 Å². The van der Waals surface area contributed by atoms with Gasteiger partial charge in [0, 0.05) is 19.0 Å². The molecule has 0 bridgehead atoms. The van der Waals surface area contributed by atoms with Crippen LogP contribution in [-0.4, -0.2) is 47.1 Å². The molecule has 11 heteroatoms. The molecule has 3 heterocycles. The lowest BCUT2D eigenvalue weighted by atomic mass is 10.0. The molecule has 0 amide bonds. The molecular weight excluding hydrogens is 427 g/mol. The van der Waals surface area contributed by atoms with Crippen molar-refractivity contribution in [3.05, 3.63) is 52.7 Å². The van der Waals surface area contributed by atoms with E-state index in [1.807, 2.05) is 0 Å². The summed E-state index contributed by atoms with van der Waals surface area (Å²) in [5.74, 6) is -1.00. The van der Waals surface area contributed by atoms with Crippen molar-refractivity contribution in [2.75, 3.05) is 13.4 Å². The molecule has 0 fully saturated rings. The fourth-order valence-corrected chi connectivity index (χ4v) is 4.30. The number of fused-ring (bicyclic) bond motifs is 1. The van der Waals surface area contributed by atoms with E-state index < -0.39 is 38.4 Å². The number of carbonyl (C=O) groups is 1. The van der Waals surface area contributed by atoms with Crippen LogP contribution in [0.25, 0.3) is 22.5 Å². The third-order valence-corrected chi connectivity index (χ3v) is 5.99. The van der Waals surface area contributed by atoms with Crippen molar-refractivity contribution in [3.8, 4) is 22.5 Å². The third kappa shape index (κ3) is 3.65. The van der Waals surface area contributed by atoms with Crippen molar-refractivity contribution in [3.63, 3.8) is 0 Å². The summed E-state index contributed by atoms with van der Waals surface area (Å²) in [7, 11) is -2.46. The summed E-state index contributed by atoms with van der Waals surface area (Å²) in [6.45, 7) is 0.352. The lowest BCUT2D eigenvalue weighted by Crippen LogP contribution is -2.35. The number of halogens is 1. The Kier molecular flexibility index (Phi) is 5.21. The first-order chi connectivity index (χ1) is 14.7. The summed E-state index contributed by atoms with van der Waals surface area (Å²) < 4.78 is 45.4. The molecule has 0 N–H and O–H groups in total.